The van der Waals surface area contributed by atoms with E-state index >= 15 is 0 Å². The van der Waals surface area contributed by atoms with Gasteiger partial charge in [0, 0.05) is 18.5 Å². The lowest BCUT2D eigenvalue weighted by atomic mass is 9.71. The number of ether oxygens (including phenoxy) is 1. The second kappa shape index (κ2) is 6.47. The molecule has 3 unspecified atom stereocenters. The van der Waals surface area contributed by atoms with Gasteiger partial charge in [-0.05, 0) is 61.7 Å². The van der Waals surface area contributed by atoms with Crippen molar-refractivity contribution in [3.8, 4) is 0 Å². The van der Waals surface area contributed by atoms with Gasteiger partial charge in [0.25, 0.3) is 0 Å². The SMILES string of the molecule is BrCC1(CCCCC2CCOCC2)CC2CCC1C2. The van der Waals surface area contributed by atoms with Crippen LogP contribution in [0.15, 0.2) is 0 Å². The Labute approximate surface area is 127 Å². The highest BCUT2D eigenvalue weighted by Crippen LogP contribution is 2.58. The Morgan fingerprint density at radius 2 is 1.89 bits per heavy atom. The van der Waals surface area contributed by atoms with Gasteiger partial charge in [0.2, 0.25) is 0 Å². The zero-order valence-electron chi connectivity index (χ0n) is 12.2. The summed E-state index contributed by atoms with van der Waals surface area (Å²) in [5, 5.41) is 1.26. The molecule has 0 aromatic rings. The molecule has 2 bridgehead atoms. The molecule has 110 valence electrons. The summed E-state index contributed by atoms with van der Waals surface area (Å²) in [7, 11) is 0. The molecule has 2 saturated carbocycles. The van der Waals surface area contributed by atoms with Crippen LogP contribution in [-0.4, -0.2) is 18.5 Å². The molecule has 0 amide bonds. The Balaban J connectivity index is 1.39. The number of unbranched alkanes of at least 4 members (excludes halogenated alkanes) is 1. The van der Waals surface area contributed by atoms with Crippen molar-refractivity contribution in [2.45, 2.75) is 64.2 Å². The minimum Gasteiger partial charge on any atom is -0.381 e. The minimum absolute atomic E-state index is 0.693. The lowest BCUT2D eigenvalue weighted by molar-refractivity contribution is 0.0625. The van der Waals surface area contributed by atoms with E-state index in [1.807, 2.05) is 0 Å². The molecule has 0 radical (unpaired) electrons. The standard InChI is InChI=1S/C17H29BrO/c18-13-17(12-15-4-5-16(17)11-15)8-2-1-3-14-6-9-19-10-7-14/h14-16H,1-13H2. The van der Waals surface area contributed by atoms with E-state index in [9.17, 15) is 0 Å². The van der Waals surface area contributed by atoms with Gasteiger partial charge in [0.15, 0.2) is 0 Å². The van der Waals surface area contributed by atoms with Gasteiger partial charge in [0.1, 0.15) is 0 Å². The highest BCUT2D eigenvalue weighted by molar-refractivity contribution is 9.09. The zero-order chi connectivity index (χ0) is 13.1. The second-order valence-corrected chi connectivity index (χ2v) is 7.94. The molecule has 1 aliphatic heterocycles. The summed E-state index contributed by atoms with van der Waals surface area (Å²) in [5.74, 6) is 3.10. The van der Waals surface area contributed by atoms with Crippen LogP contribution in [0.4, 0.5) is 0 Å². The van der Waals surface area contributed by atoms with E-state index in [0.717, 1.165) is 31.0 Å². The highest BCUT2D eigenvalue weighted by Gasteiger charge is 2.49. The molecule has 3 atom stereocenters. The first-order valence-electron chi connectivity index (χ1n) is 8.46. The van der Waals surface area contributed by atoms with Crippen molar-refractivity contribution in [2.75, 3.05) is 18.5 Å². The Bertz CT molecular complexity index is 287. The van der Waals surface area contributed by atoms with E-state index in [-0.39, 0.29) is 0 Å². The molecule has 2 aliphatic carbocycles. The number of alkyl halides is 1. The average molecular weight is 329 g/mol. The maximum atomic E-state index is 5.45. The summed E-state index contributed by atoms with van der Waals surface area (Å²) in [4.78, 5) is 0. The summed E-state index contributed by atoms with van der Waals surface area (Å²) in [6.45, 7) is 2.03. The monoisotopic (exact) mass is 328 g/mol. The van der Waals surface area contributed by atoms with Crippen LogP contribution in [0.3, 0.4) is 0 Å². The van der Waals surface area contributed by atoms with Crippen LogP contribution in [-0.2, 0) is 4.74 Å². The normalized spacial score (nSPS) is 39.0. The molecule has 3 rings (SSSR count). The van der Waals surface area contributed by atoms with Crippen molar-refractivity contribution in [3.05, 3.63) is 0 Å². The van der Waals surface area contributed by atoms with Crippen LogP contribution in [0.2, 0.25) is 0 Å². The van der Waals surface area contributed by atoms with Crippen LogP contribution in [0, 0.1) is 23.2 Å². The maximum Gasteiger partial charge on any atom is 0.0468 e. The second-order valence-electron chi connectivity index (χ2n) is 7.38. The lowest BCUT2D eigenvalue weighted by Gasteiger charge is -2.36. The fraction of sp³-hybridized carbons (Fsp3) is 1.00. The predicted molar refractivity (Wildman–Crippen MR) is 83.7 cm³/mol. The van der Waals surface area contributed by atoms with Gasteiger partial charge in [-0.15, -0.1) is 0 Å². The van der Waals surface area contributed by atoms with Crippen LogP contribution < -0.4 is 0 Å². The van der Waals surface area contributed by atoms with Crippen LogP contribution in [0.25, 0.3) is 0 Å². The zero-order valence-corrected chi connectivity index (χ0v) is 13.8. The van der Waals surface area contributed by atoms with Crippen molar-refractivity contribution in [2.24, 2.45) is 23.2 Å². The summed E-state index contributed by atoms with van der Waals surface area (Å²) in [6, 6.07) is 0. The van der Waals surface area contributed by atoms with Gasteiger partial charge in [-0.2, -0.15) is 0 Å². The molecule has 0 aromatic heterocycles. The summed E-state index contributed by atoms with van der Waals surface area (Å²) in [6.07, 6.45) is 14.6. The van der Waals surface area contributed by atoms with E-state index in [4.69, 9.17) is 4.74 Å². The third-order valence-electron chi connectivity index (χ3n) is 6.25. The maximum absolute atomic E-state index is 5.45. The fourth-order valence-corrected chi connectivity index (χ4v) is 6.01. The molecule has 0 N–H and O–H groups in total. The van der Waals surface area contributed by atoms with Gasteiger partial charge in [-0.25, -0.2) is 0 Å². The van der Waals surface area contributed by atoms with E-state index < -0.39 is 0 Å². The third-order valence-corrected chi connectivity index (χ3v) is 7.36. The van der Waals surface area contributed by atoms with Crippen molar-refractivity contribution in [1.29, 1.82) is 0 Å². The summed E-state index contributed by atoms with van der Waals surface area (Å²) < 4.78 is 5.45. The molecular formula is C17H29BrO. The molecule has 19 heavy (non-hydrogen) atoms. The van der Waals surface area contributed by atoms with Crippen molar-refractivity contribution < 1.29 is 4.74 Å². The first-order chi connectivity index (χ1) is 9.32. The van der Waals surface area contributed by atoms with E-state index in [1.54, 1.807) is 6.42 Å². The Morgan fingerprint density at radius 1 is 1.05 bits per heavy atom. The molecule has 0 spiro atoms. The van der Waals surface area contributed by atoms with Crippen molar-refractivity contribution in [3.63, 3.8) is 0 Å². The molecule has 0 aromatic carbocycles. The molecule has 1 heterocycles. The number of hydrogen-bond acceptors (Lipinski definition) is 1. The fourth-order valence-electron chi connectivity index (χ4n) is 5.04. The topological polar surface area (TPSA) is 9.23 Å². The Kier molecular flexibility index (Phi) is 4.90. The van der Waals surface area contributed by atoms with Crippen LogP contribution >= 0.6 is 15.9 Å². The highest BCUT2D eigenvalue weighted by atomic mass is 79.9. The lowest BCUT2D eigenvalue weighted by Crippen LogP contribution is -2.29. The molecule has 1 nitrogen and oxygen atoms in total. The van der Waals surface area contributed by atoms with Crippen LogP contribution in [0.1, 0.15) is 64.2 Å². The smallest absolute Gasteiger partial charge is 0.0468 e. The first kappa shape index (κ1) is 14.4. The van der Waals surface area contributed by atoms with Crippen molar-refractivity contribution in [1.82, 2.24) is 0 Å². The summed E-state index contributed by atoms with van der Waals surface area (Å²) >= 11 is 3.85. The number of halogens is 1. The van der Waals surface area contributed by atoms with E-state index in [0.29, 0.717) is 5.41 Å². The number of fused-ring (bicyclic) bond motifs is 2. The minimum atomic E-state index is 0.693. The van der Waals surface area contributed by atoms with Gasteiger partial charge in [-0.3, -0.25) is 0 Å². The van der Waals surface area contributed by atoms with Crippen molar-refractivity contribution >= 4 is 15.9 Å². The van der Waals surface area contributed by atoms with Gasteiger partial charge in [-0.1, -0.05) is 41.6 Å². The quantitative estimate of drug-likeness (QED) is 0.482. The molecule has 3 fully saturated rings. The molecule has 3 aliphatic rings. The van der Waals surface area contributed by atoms with E-state index in [2.05, 4.69) is 15.9 Å². The van der Waals surface area contributed by atoms with Crippen LogP contribution in [0.5, 0.6) is 0 Å². The largest absolute Gasteiger partial charge is 0.381 e. The Hall–Kier alpha value is 0.440. The van der Waals surface area contributed by atoms with Gasteiger partial charge >= 0.3 is 0 Å². The first-order valence-corrected chi connectivity index (χ1v) is 9.58. The molecule has 1 saturated heterocycles. The summed E-state index contributed by atoms with van der Waals surface area (Å²) in [5.41, 5.74) is 0.693. The molecular weight excluding hydrogens is 300 g/mol. The number of hydrogen-bond donors (Lipinski definition) is 0. The number of rotatable bonds is 6. The predicted octanol–water partition coefficient (Wildman–Crippen LogP) is 5.17. The Morgan fingerprint density at radius 3 is 2.53 bits per heavy atom. The average Bonchev–Trinajstić information content (AvgIpc) is 3.06. The third kappa shape index (κ3) is 3.20. The van der Waals surface area contributed by atoms with E-state index in [1.165, 1.54) is 63.1 Å². The van der Waals surface area contributed by atoms with Gasteiger partial charge in [0.05, 0.1) is 0 Å². The van der Waals surface area contributed by atoms with Gasteiger partial charge < -0.3 is 4.74 Å². The molecule has 2 heteroatoms.